The lowest BCUT2D eigenvalue weighted by Gasteiger charge is -2.15. The molecule has 5 heteroatoms. The summed E-state index contributed by atoms with van der Waals surface area (Å²) in [6, 6.07) is 26.6. The Morgan fingerprint density at radius 2 is 1.43 bits per heavy atom. The summed E-state index contributed by atoms with van der Waals surface area (Å²) < 4.78 is 2.01. The van der Waals surface area contributed by atoms with Gasteiger partial charge in [-0.25, -0.2) is 9.78 Å². The molecular formula is C25H22N2O3. The lowest BCUT2D eigenvalue weighted by atomic mass is 10.0. The maximum atomic E-state index is 11.2. The van der Waals surface area contributed by atoms with Gasteiger partial charge in [0.15, 0.2) is 0 Å². The summed E-state index contributed by atoms with van der Waals surface area (Å²) in [6.45, 7) is 2.11. The van der Waals surface area contributed by atoms with E-state index in [4.69, 9.17) is 4.98 Å². The minimum Gasteiger partial charge on any atom is -0.478 e. The first-order valence-electron chi connectivity index (χ1n) is 9.77. The summed E-state index contributed by atoms with van der Waals surface area (Å²) in [6.07, 6.45) is -0.581. The van der Waals surface area contributed by atoms with Crippen molar-refractivity contribution >= 4 is 5.97 Å². The van der Waals surface area contributed by atoms with Gasteiger partial charge in [0.05, 0.1) is 29.6 Å². The zero-order chi connectivity index (χ0) is 21.1. The second-order valence-corrected chi connectivity index (χ2v) is 7.21. The van der Waals surface area contributed by atoms with Crippen molar-refractivity contribution in [2.24, 2.45) is 0 Å². The van der Waals surface area contributed by atoms with E-state index in [2.05, 4.69) is 0 Å². The third kappa shape index (κ3) is 3.88. The van der Waals surface area contributed by atoms with Gasteiger partial charge in [-0.15, -0.1) is 0 Å². The predicted molar refractivity (Wildman–Crippen MR) is 117 cm³/mol. The van der Waals surface area contributed by atoms with Crippen LogP contribution in [0, 0.1) is 0 Å². The molecule has 5 nitrogen and oxygen atoms in total. The smallest absolute Gasteiger partial charge is 0.335 e. The van der Waals surface area contributed by atoms with Gasteiger partial charge < -0.3 is 14.8 Å². The molecule has 2 N–H and O–H groups in total. The van der Waals surface area contributed by atoms with Crippen LogP contribution in [0.2, 0.25) is 0 Å². The average Bonchev–Trinajstić information content (AvgIpc) is 3.13. The number of benzene rings is 3. The number of aliphatic hydroxyl groups is 1. The van der Waals surface area contributed by atoms with Crippen molar-refractivity contribution in [3.63, 3.8) is 0 Å². The third-order valence-electron chi connectivity index (χ3n) is 4.90. The molecule has 4 rings (SSSR count). The van der Waals surface area contributed by atoms with Gasteiger partial charge >= 0.3 is 5.97 Å². The number of aromatic nitrogens is 2. The fraction of sp³-hybridized carbons (Fsp3) is 0.120. The number of carboxylic acids is 1. The first-order chi connectivity index (χ1) is 14.5. The first-order valence-corrected chi connectivity index (χ1v) is 9.77. The van der Waals surface area contributed by atoms with Crippen LogP contribution < -0.4 is 0 Å². The van der Waals surface area contributed by atoms with Gasteiger partial charge in [0.25, 0.3) is 0 Å². The third-order valence-corrected chi connectivity index (χ3v) is 4.90. The summed E-state index contributed by atoms with van der Waals surface area (Å²) in [7, 11) is 0. The maximum Gasteiger partial charge on any atom is 0.335 e. The molecule has 0 spiro atoms. The quantitative estimate of drug-likeness (QED) is 0.481. The van der Waals surface area contributed by atoms with E-state index >= 15 is 0 Å². The highest BCUT2D eigenvalue weighted by Crippen LogP contribution is 2.36. The van der Waals surface area contributed by atoms with E-state index in [0.29, 0.717) is 12.4 Å². The van der Waals surface area contributed by atoms with Crippen LogP contribution in [0.4, 0.5) is 0 Å². The Labute approximate surface area is 174 Å². The van der Waals surface area contributed by atoms with Crippen LogP contribution in [0.5, 0.6) is 0 Å². The van der Waals surface area contributed by atoms with Crippen molar-refractivity contribution in [3.8, 4) is 33.9 Å². The summed E-state index contributed by atoms with van der Waals surface area (Å²) in [4.78, 5) is 16.2. The van der Waals surface area contributed by atoms with E-state index in [0.717, 1.165) is 28.1 Å². The van der Waals surface area contributed by atoms with Crippen LogP contribution in [0.15, 0.2) is 84.9 Å². The Hall–Kier alpha value is -3.70. The molecule has 30 heavy (non-hydrogen) atoms. The standard InChI is InChI=1S/C25H22N2O3/c1-17(28)16-27-23(19-10-6-3-7-11-19)22(18-8-4-2-5-9-18)26-24(27)20-12-14-21(15-13-20)25(29)30/h2-15,17,28H,16H2,1H3,(H,29,30). The van der Waals surface area contributed by atoms with E-state index in [1.54, 1.807) is 31.2 Å². The van der Waals surface area contributed by atoms with Gasteiger partial charge in [0, 0.05) is 16.7 Å². The Morgan fingerprint density at radius 1 is 0.867 bits per heavy atom. The normalized spacial score (nSPS) is 11.9. The van der Waals surface area contributed by atoms with Crippen molar-refractivity contribution in [2.45, 2.75) is 19.6 Å². The highest BCUT2D eigenvalue weighted by molar-refractivity contribution is 5.88. The Morgan fingerprint density at radius 3 is 1.97 bits per heavy atom. The zero-order valence-corrected chi connectivity index (χ0v) is 16.6. The monoisotopic (exact) mass is 398 g/mol. The summed E-state index contributed by atoms with van der Waals surface area (Å²) in [5.41, 5.74) is 4.72. The fourth-order valence-electron chi connectivity index (χ4n) is 3.56. The van der Waals surface area contributed by atoms with Crippen molar-refractivity contribution < 1.29 is 15.0 Å². The van der Waals surface area contributed by atoms with Crippen LogP contribution in [0.25, 0.3) is 33.9 Å². The fourth-order valence-corrected chi connectivity index (χ4v) is 3.56. The van der Waals surface area contributed by atoms with E-state index in [9.17, 15) is 15.0 Å². The molecule has 0 fully saturated rings. The maximum absolute atomic E-state index is 11.2. The topological polar surface area (TPSA) is 75.4 Å². The van der Waals surface area contributed by atoms with Gasteiger partial charge in [-0.3, -0.25) is 0 Å². The van der Waals surface area contributed by atoms with Gasteiger partial charge in [0.1, 0.15) is 5.82 Å². The predicted octanol–water partition coefficient (Wildman–Crippen LogP) is 4.96. The number of hydrogen-bond acceptors (Lipinski definition) is 3. The molecule has 1 heterocycles. The molecule has 4 aromatic rings. The molecule has 1 atom stereocenters. The van der Waals surface area contributed by atoms with Crippen molar-refractivity contribution in [3.05, 3.63) is 90.5 Å². The number of aromatic carboxylic acids is 1. The SMILES string of the molecule is CC(O)Cn1c(-c2ccc(C(=O)O)cc2)nc(-c2ccccc2)c1-c1ccccc1. The Kier molecular flexibility index (Phi) is 5.46. The number of imidazole rings is 1. The summed E-state index contributed by atoms with van der Waals surface area (Å²) >= 11 is 0. The van der Waals surface area contributed by atoms with Gasteiger partial charge in [-0.1, -0.05) is 72.8 Å². The molecule has 3 aromatic carbocycles. The van der Waals surface area contributed by atoms with Crippen LogP contribution in [-0.2, 0) is 6.54 Å². The highest BCUT2D eigenvalue weighted by atomic mass is 16.4. The lowest BCUT2D eigenvalue weighted by Crippen LogP contribution is -2.14. The Balaban J connectivity index is 1.98. The molecule has 150 valence electrons. The van der Waals surface area contributed by atoms with Crippen LogP contribution in [-0.4, -0.2) is 31.8 Å². The molecule has 0 radical (unpaired) electrons. The second-order valence-electron chi connectivity index (χ2n) is 7.21. The van der Waals surface area contributed by atoms with Crippen LogP contribution >= 0.6 is 0 Å². The van der Waals surface area contributed by atoms with Crippen LogP contribution in [0.1, 0.15) is 17.3 Å². The van der Waals surface area contributed by atoms with Gasteiger partial charge in [-0.2, -0.15) is 0 Å². The largest absolute Gasteiger partial charge is 0.478 e. The summed E-state index contributed by atoms with van der Waals surface area (Å²) in [5, 5.41) is 19.4. The minimum absolute atomic E-state index is 0.221. The first kappa shape index (κ1) is 19.6. The number of carbonyl (C=O) groups is 1. The molecule has 1 aromatic heterocycles. The second kappa shape index (κ2) is 8.35. The van der Waals surface area contributed by atoms with E-state index in [1.165, 1.54) is 0 Å². The van der Waals surface area contributed by atoms with Gasteiger partial charge in [-0.05, 0) is 19.1 Å². The molecule has 0 aliphatic rings. The van der Waals surface area contributed by atoms with E-state index in [-0.39, 0.29) is 5.56 Å². The number of nitrogens with zero attached hydrogens (tertiary/aromatic N) is 2. The molecule has 0 saturated heterocycles. The number of hydrogen-bond donors (Lipinski definition) is 2. The van der Waals surface area contributed by atoms with E-state index in [1.807, 2.05) is 65.2 Å². The van der Waals surface area contributed by atoms with Crippen molar-refractivity contribution in [1.82, 2.24) is 9.55 Å². The lowest BCUT2D eigenvalue weighted by molar-refractivity contribution is 0.0697. The zero-order valence-electron chi connectivity index (χ0n) is 16.6. The number of aliphatic hydroxyl groups excluding tert-OH is 1. The molecular weight excluding hydrogens is 376 g/mol. The minimum atomic E-state index is -0.969. The summed E-state index contributed by atoms with van der Waals surface area (Å²) in [5.74, 6) is -0.283. The van der Waals surface area contributed by atoms with Crippen LogP contribution in [0.3, 0.4) is 0 Å². The molecule has 1 unspecified atom stereocenters. The highest BCUT2D eigenvalue weighted by Gasteiger charge is 2.22. The molecule has 0 aliphatic carbocycles. The molecule has 0 amide bonds. The van der Waals surface area contributed by atoms with Crippen molar-refractivity contribution in [2.75, 3.05) is 0 Å². The molecule has 0 aliphatic heterocycles. The average molecular weight is 398 g/mol. The molecule has 0 bridgehead atoms. The number of rotatable bonds is 6. The molecule has 0 saturated carbocycles. The number of carboxylic acid groups (broad SMARTS) is 1. The van der Waals surface area contributed by atoms with Crippen molar-refractivity contribution in [1.29, 1.82) is 0 Å². The van der Waals surface area contributed by atoms with Gasteiger partial charge in [0.2, 0.25) is 0 Å². The Bertz CT molecular complexity index is 1150. The van der Waals surface area contributed by atoms with E-state index < -0.39 is 12.1 Å².